The Hall–Kier alpha value is -0.183. The molecule has 0 amide bonds. The molecule has 0 unspecified atom stereocenters. The molecule has 0 heterocycles. The molecule has 0 aliphatic heterocycles. The van der Waals surface area contributed by atoms with Crippen LogP contribution >= 0.6 is 0 Å². The molecule has 0 saturated heterocycles. The number of aryl methyl sites for hydroxylation is 2. The molecule has 1 heteroatoms. The van der Waals surface area contributed by atoms with E-state index >= 15 is 0 Å². The van der Waals surface area contributed by atoms with Crippen LogP contribution in [0, 0.1) is 35.1 Å². The van der Waals surface area contributed by atoms with E-state index in [-0.39, 0.29) is 26.3 Å². The number of rotatable bonds is 0. The van der Waals surface area contributed by atoms with Crippen LogP contribution < -0.4 is 18.9 Å². The molecule has 0 spiro atoms. The molecule has 1 rings (SSSR count). The largest absolute Gasteiger partial charge is 1.00 e. The molecule has 0 nitrogen and oxygen atoms in total. The number of hydrogen-bond donors (Lipinski definition) is 0. The minimum absolute atomic E-state index is 0. The van der Waals surface area contributed by atoms with Gasteiger partial charge in [-0.25, -0.2) is 0 Å². The first kappa shape index (κ1) is 14.3. The fraction of sp³-hybridized carbons (Fsp3) is 0.364. The quantitative estimate of drug-likeness (QED) is 0.376. The predicted molar refractivity (Wildman–Crippen MR) is 51.8 cm³/mol. The van der Waals surface area contributed by atoms with E-state index in [1.165, 1.54) is 22.3 Å². The first-order valence-electron chi connectivity index (χ1n) is 3.66. The minimum Gasteiger partial charge on any atom is -0.358 e. The SMILES string of the molecule is Cc1ccc(C)c(C)c1C.[CH3-].[Li+]. The van der Waals surface area contributed by atoms with Crippen LogP contribution in [-0.4, -0.2) is 0 Å². The van der Waals surface area contributed by atoms with Crippen LogP contribution in [0.25, 0.3) is 0 Å². The van der Waals surface area contributed by atoms with E-state index in [1.54, 1.807) is 0 Å². The fourth-order valence-electron chi connectivity index (χ4n) is 1.09. The van der Waals surface area contributed by atoms with Crippen LogP contribution in [0.15, 0.2) is 12.1 Å². The average Bonchev–Trinajstić information content (AvgIpc) is 1.93. The van der Waals surface area contributed by atoms with E-state index < -0.39 is 0 Å². The third kappa shape index (κ3) is 2.70. The van der Waals surface area contributed by atoms with E-state index in [4.69, 9.17) is 0 Å². The van der Waals surface area contributed by atoms with E-state index in [2.05, 4.69) is 39.8 Å². The van der Waals surface area contributed by atoms with Crippen molar-refractivity contribution >= 4 is 0 Å². The maximum absolute atomic E-state index is 2.18. The molecule has 0 bridgehead atoms. The van der Waals surface area contributed by atoms with Crippen molar-refractivity contribution in [2.75, 3.05) is 0 Å². The van der Waals surface area contributed by atoms with Crippen molar-refractivity contribution in [2.24, 2.45) is 0 Å². The molecular formula is C11H17Li. The van der Waals surface area contributed by atoms with Gasteiger partial charge >= 0.3 is 18.9 Å². The predicted octanol–water partition coefficient (Wildman–Crippen LogP) is 0.375. The maximum Gasteiger partial charge on any atom is 1.00 e. The Balaban J connectivity index is 0. The van der Waals surface area contributed by atoms with Gasteiger partial charge in [0.1, 0.15) is 0 Å². The fourth-order valence-corrected chi connectivity index (χ4v) is 1.09. The van der Waals surface area contributed by atoms with Crippen molar-refractivity contribution in [1.82, 2.24) is 0 Å². The van der Waals surface area contributed by atoms with Gasteiger partial charge in [-0.05, 0) is 49.9 Å². The Morgan fingerprint density at radius 1 is 0.750 bits per heavy atom. The summed E-state index contributed by atoms with van der Waals surface area (Å²) < 4.78 is 0. The van der Waals surface area contributed by atoms with Gasteiger partial charge in [-0.1, -0.05) is 12.1 Å². The maximum atomic E-state index is 2.18. The second-order valence-corrected chi connectivity index (χ2v) is 2.95. The molecule has 0 atom stereocenters. The van der Waals surface area contributed by atoms with Crippen LogP contribution in [0.4, 0.5) is 0 Å². The zero-order valence-electron chi connectivity index (χ0n) is 9.15. The van der Waals surface area contributed by atoms with Gasteiger partial charge in [-0.15, -0.1) is 0 Å². The molecule has 0 radical (unpaired) electrons. The van der Waals surface area contributed by atoms with Crippen molar-refractivity contribution < 1.29 is 18.9 Å². The van der Waals surface area contributed by atoms with Crippen molar-refractivity contribution in [3.63, 3.8) is 0 Å². The Morgan fingerprint density at radius 2 is 1.00 bits per heavy atom. The van der Waals surface area contributed by atoms with Crippen LogP contribution in [0.1, 0.15) is 22.3 Å². The smallest absolute Gasteiger partial charge is 0.358 e. The molecule has 1 aromatic carbocycles. The van der Waals surface area contributed by atoms with Gasteiger partial charge in [0.2, 0.25) is 0 Å². The van der Waals surface area contributed by atoms with Crippen molar-refractivity contribution in [3.05, 3.63) is 41.8 Å². The van der Waals surface area contributed by atoms with E-state index in [0.717, 1.165) is 0 Å². The molecule has 0 aromatic heterocycles. The summed E-state index contributed by atoms with van der Waals surface area (Å²) >= 11 is 0. The van der Waals surface area contributed by atoms with Gasteiger partial charge in [-0.3, -0.25) is 0 Å². The normalized spacial score (nSPS) is 8.33. The zero-order valence-corrected chi connectivity index (χ0v) is 9.15. The summed E-state index contributed by atoms with van der Waals surface area (Å²) in [4.78, 5) is 0. The third-order valence-electron chi connectivity index (χ3n) is 2.33. The molecule has 0 N–H and O–H groups in total. The summed E-state index contributed by atoms with van der Waals surface area (Å²) in [5, 5.41) is 0. The second kappa shape index (κ2) is 5.46. The van der Waals surface area contributed by atoms with Gasteiger partial charge in [-0.2, -0.15) is 0 Å². The molecule has 0 aliphatic rings. The Kier molecular flexibility index (Phi) is 6.53. The first-order chi connectivity index (χ1) is 4.63. The van der Waals surface area contributed by atoms with Crippen LogP contribution in [0.5, 0.6) is 0 Å². The number of benzene rings is 1. The Morgan fingerprint density at radius 3 is 1.25 bits per heavy atom. The summed E-state index contributed by atoms with van der Waals surface area (Å²) in [7, 11) is 0. The molecule has 62 valence electrons. The van der Waals surface area contributed by atoms with Crippen molar-refractivity contribution in [3.8, 4) is 0 Å². The first-order valence-corrected chi connectivity index (χ1v) is 3.66. The van der Waals surface area contributed by atoms with Crippen molar-refractivity contribution in [2.45, 2.75) is 27.7 Å². The van der Waals surface area contributed by atoms with Crippen LogP contribution in [0.3, 0.4) is 0 Å². The Labute approximate surface area is 88.6 Å². The summed E-state index contributed by atoms with van der Waals surface area (Å²) in [5.41, 5.74) is 5.64. The topological polar surface area (TPSA) is 0 Å². The van der Waals surface area contributed by atoms with Crippen molar-refractivity contribution in [1.29, 1.82) is 0 Å². The molecule has 0 saturated carbocycles. The molecular weight excluding hydrogens is 139 g/mol. The summed E-state index contributed by atoms with van der Waals surface area (Å²) in [5.74, 6) is 0. The molecule has 1 aromatic rings. The summed E-state index contributed by atoms with van der Waals surface area (Å²) in [6.45, 7) is 8.67. The van der Waals surface area contributed by atoms with Gasteiger partial charge in [0.25, 0.3) is 0 Å². The van der Waals surface area contributed by atoms with E-state index in [0.29, 0.717) is 0 Å². The third-order valence-corrected chi connectivity index (χ3v) is 2.33. The Bertz CT molecular complexity index is 224. The molecule has 0 fully saturated rings. The van der Waals surface area contributed by atoms with Gasteiger partial charge in [0.05, 0.1) is 0 Å². The molecule has 12 heavy (non-hydrogen) atoms. The average molecular weight is 156 g/mol. The van der Waals surface area contributed by atoms with E-state index in [9.17, 15) is 0 Å². The summed E-state index contributed by atoms with van der Waals surface area (Å²) in [6, 6.07) is 4.36. The van der Waals surface area contributed by atoms with Gasteiger partial charge in [0, 0.05) is 0 Å². The molecule has 0 aliphatic carbocycles. The van der Waals surface area contributed by atoms with Gasteiger partial charge in [0.15, 0.2) is 0 Å². The second-order valence-electron chi connectivity index (χ2n) is 2.95. The van der Waals surface area contributed by atoms with Crippen LogP contribution in [0.2, 0.25) is 0 Å². The monoisotopic (exact) mass is 156 g/mol. The van der Waals surface area contributed by atoms with Gasteiger partial charge < -0.3 is 7.43 Å². The summed E-state index contributed by atoms with van der Waals surface area (Å²) in [6.07, 6.45) is 0. The standard InChI is InChI=1S/C10H14.CH3.Li/c1-7-5-6-8(2)10(4)9(7)3;;/h5-6H,1-4H3;1H3;/q;-1;+1. The van der Waals surface area contributed by atoms with E-state index in [1.807, 2.05) is 0 Å². The van der Waals surface area contributed by atoms with Crippen LogP contribution in [-0.2, 0) is 0 Å². The minimum atomic E-state index is 0. The zero-order chi connectivity index (χ0) is 7.72. The number of hydrogen-bond acceptors (Lipinski definition) is 0.